The zero-order valence-electron chi connectivity index (χ0n) is 15.1. The molecular formula is C19H23N3O3S. The second-order valence-electron chi connectivity index (χ2n) is 5.86. The highest BCUT2D eigenvalue weighted by Crippen LogP contribution is 2.22. The van der Waals surface area contributed by atoms with Gasteiger partial charge in [-0.15, -0.1) is 11.3 Å². The van der Waals surface area contributed by atoms with E-state index in [1.54, 1.807) is 35.6 Å². The van der Waals surface area contributed by atoms with E-state index in [0.29, 0.717) is 23.5 Å². The summed E-state index contributed by atoms with van der Waals surface area (Å²) in [5, 5.41) is 8.07. The van der Waals surface area contributed by atoms with Gasteiger partial charge in [-0.1, -0.05) is 6.07 Å². The van der Waals surface area contributed by atoms with Crippen molar-refractivity contribution in [2.75, 3.05) is 17.2 Å². The van der Waals surface area contributed by atoms with E-state index in [2.05, 4.69) is 16.0 Å². The van der Waals surface area contributed by atoms with E-state index in [1.165, 1.54) is 0 Å². The Kier molecular flexibility index (Phi) is 6.91. The molecule has 26 heavy (non-hydrogen) atoms. The Morgan fingerprint density at radius 1 is 1.00 bits per heavy atom. The summed E-state index contributed by atoms with van der Waals surface area (Å²) in [5.41, 5.74) is 1.85. The van der Waals surface area contributed by atoms with E-state index in [0.717, 1.165) is 9.75 Å². The van der Waals surface area contributed by atoms with Crippen molar-refractivity contribution in [3.63, 3.8) is 0 Å². The molecule has 0 spiro atoms. The lowest BCUT2D eigenvalue weighted by molar-refractivity contribution is -0.116. The van der Waals surface area contributed by atoms with Crippen LogP contribution in [0.4, 0.5) is 16.2 Å². The Bertz CT molecular complexity index is 814. The second kappa shape index (κ2) is 9.15. The number of Topliss-reactive ketones (excluding diaryl/α,β-unsaturated/α-hetero) is 1. The zero-order valence-corrected chi connectivity index (χ0v) is 16.0. The molecular weight excluding hydrogens is 350 g/mol. The van der Waals surface area contributed by atoms with Gasteiger partial charge in [-0.3, -0.25) is 9.59 Å². The minimum Gasteiger partial charge on any atom is -0.338 e. The van der Waals surface area contributed by atoms with Crippen molar-refractivity contribution >= 4 is 40.4 Å². The first kappa shape index (κ1) is 19.7. The molecule has 6 nitrogen and oxygen atoms in total. The van der Waals surface area contributed by atoms with Crippen LogP contribution in [0.5, 0.6) is 0 Å². The Hall–Kier alpha value is -2.67. The number of urea groups is 1. The number of benzene rings is 1. The van der Waals surface area contributed by atoms with Gasteiger partial charge in [-0.2, -0.15) is 0 Å². The number of amides is 3. The molecule has 3 amide bonds. The number of rotatable bonds is 7. The highest BCUT2D eigenvalue weighted by atomic mass is 32.1. The van der Waals surface area contributed by atoms with Crippen molar-refractivity contribution in [3.05, 3.63) is 45.6 Å². The second-order valence-corrected chi connectivity index (χ2v) is 7.32. The average Bonchev–Trinajstić information content (AvgIpc) is 2.91. The third-order valence-corrected chi connectivity index (χ3v) is 4.63. The molecule has 0 radical (unpaired) electrons. The molecule has 0 aliphatic rings. The van der Waals surface area contributed by atoms with Crippen molar-refractivity contribution in [3.8, 4) is 0 Å². The minimum atomic E-state index is -0.303. The molecule has 3 N–H and O–H groups in total. The van der Waals surface area contributed by atoms with Gasteiger partial charge in [0.15, 0.2) is 5.78 Å². The van der Waals surface area contributed by atoms with Crippen molar-refractivity contribution in [1.29, 1.82) is 0 Å². The monoisotopic (exact) mass is 373 g/mol. The molecule has 0 saturated carbocycles. The highest BCUT2D eigenvalue weighted by molar-refractivity contribution is 7.12. The maximum absolute atomic E-state index is 12.2. The predicted octanol–water partition coefficient (Wildman–Crippen LogP) is 4.11. The third-order valence-electron chi connectivity index (χ3n) is 3.66. The number of ketones is 1. The van der Waals surface area contributed by atoms with Gasteiger partial charge in [-0.05, 0) is 45.0 Å². The summed E-state index contributed by atoms with van der Waals surface area (Å²) >= 11 is 1.58. The molecule has 2 aromatic rings. The molecule has 0 bridgehead atoms. The lowest BCUT2D eigenvalue weighted by Crippen LogP contribution is -2.28. The number of nitrogens with one attached hydrogen (secondary N) is 3. The molecule has 0 saturated heterocycles. The van der Waals surface area contributed by atoms with Crippen molar-refractivity contribution in [2.45, 2.75) is 33.6 Å². The van der Waals surface area contributed by atoms with Crippen LogP contribution in [0.3, 0.4) is 0 Å². The van der Waals surface area contributed by atoms with Gasteiger partial charge in [0.25, 0.3) is 0 Å². The highest BCUT2D eigenvalue weighted by Gasteiger charge is 2.14. The Balaban J connectivity index is 1.88. The van der Waals surface area contributed by atoms with E-state index in [1.807, 2.05) is 26.8 Å². The first-order valence-electron chi connectivity index (χ1n) is 8.44. The molecule has 1 aromatic carbocycles. The van der Waals surface area contributed by atoms with Gasteiger partial charge < -0.3 is 16.0 Å². The molecule has 0 unspecified atom stereocenters. The number of hydrogen-bond donors (Lipinski definition) is 3. The summed E-state index contributed by atoms with van der Waals surface area (Å²) < 4.78 is 0. The molecule has 0 aliphatic heterocycles. The minimum absolute atomic E-state index is 0.0198. The fraction of sp³-hybridized carbons (Fsp3) is 0.316. The number of aryl methyl sites for hydroxylation is 2. The first-order chi connectivity index (χ1) is 12.4. The van der Waals surface area contributed by atoms with Gasteiger partial charge in [-0.25, -0.2) is 4.79 Å². The van der Waals surface area contributed by atoms with Crippen LogP contribution in [0.2, 0.25) is 0 Å². The van der Waals surface area contributed by atoms with Gasteiger partial charge in [0.1, 0.15) is 0 Å². The number of thiophene rings is 1. The molecule has 7 heteroatoms. The van der Waals surface area contributed by atoms with Gasteiger partial charge in [0.05, 0.1) is 0 Å². The predicted molar refractivity (Wildman–Crippen MR) is 105 cm³/mol. The topological polar surface area (TPSA) is 87.3 Å². The summed E-state index contributed by atoms with van der Waals surface area (Å²) in [5.74, 6) is -0.258. The number of carbonyl (C=O) groups is 3. The molecule has 138 valence electrons. The Labute approximate surface area is 157 Å². The summed E-state index contributed by atoms with van der Waals surface area (Å²) in [6.45, 7) is 6.23. The maximum Gasteiger partial charge on any atom is 0.319 e. The molecule has 1 heterocycles. The van der Waals surface area contributed by atoms with Crippen molar-refractivity contribution in [1.82, 2.24) is 5.32 Å². The normalized spacial score (nSPS) is 10.3. The largest absolute Gasteiger partial charge is 0.338 e. The molecule has 0 fully saturated rings. The smallest absolute Gasteiger partial charge is 0.319 e. The Morgan fingerprint density at radius 2 is 1.69 bits per heavy atom. The third kappa shape index (κ3) is 5.70. The van der Waals surface area contributed by atoms with Crippen LogP contribution in [-0.4, -0.2) is 24.3 Å². The van der Waals surface area contributed by atoms with Crippen LogP contribution in [0.1, 0.15) is 39.9 Å². The lowest BCUT2D eigenvalue weighted by atomic mass is 10.1. The summed E-state index contributed by atoms with van der Waals surface area (Å²) in [4.78, 5) is 38.0. The van der Waals surface area contributed by atoms with E-state index < -0.39 is 0 Å². The molecule has 0 aliphatic carbocycles. The van der Waals surface area contributed by atoms with Crippen molar-refractivity contribution < 1.29 is 14.4 Å². The standard InChI is InChI=1S/C19H23N3O3S/c1-4-20-19(25)22-15-7-5-6-14(11-15)21-18(24)9-8-17(23)16-10-12(2)26-13(16)3/h5-7,10-11H,4,8-9H2,1-3H3,(H,21,24)(H2,20,22,25). The molecule has 0 atom stereocenters. The van der Waals surface area contributed by atoms with E-state index in [4.69, 9.17) is 0 Å². The Morgan fingerprint density at radius 3 is 2.31 bits per heavy atom. The summed E-state index contributed by atoms with van der Waals surface area (Å²) in [6.07, 6.45) is 0.279. The summed E-state index contributed by atoms with van der Waals surface area (Å²) in [6, 6.07) is 8.44. The fourth-order valence-corrected chi connectivity index (χ4v) is 3.45. The van der Waals surface area contributed by atoms with Gasteiger partial charge in [0.2, 0.25) is 5.91 Å². The van der Waals surface area contributed by atoms with E-state index >= 15 is 0 Å². The number of carbonyl (C=O) groups excluding carboxylic acids is 3. The van der Waals surface area contributed by atoms with Crippen LogP contribution >= 0.6 is 11.3 Å². The van der Waals surface area contributed by atoms with Gasteiger partial charge >= 0.3 is 6.03 Å². The number of anilines is 2. The van der Waals surface area contributed by atoms with Crippen molar-refractivity contribution in [2.24, 2.45) is 0 Å². The SMILES string of the molecule is CCNC(=O)Nc1cccc(NC(=O)CCC(=O)c2cc(C)sc2C)c1. The van der Waals surface area contributed by atoms with Crippen LogP contribution in [0.15, 0.2) is 30.3 Å². The number of hydrogen-bond acceptors (Lipinski definition) is 4. The average molecular weight is 373 g/mol. The van der Waals surface area contributed by atoms with E-state index in [-0.39, 0.29) is 30.6 Å². The summed E-state index contributed by atoms with van der Waals surface area (Å²) in [7, 11) is 0. The van der Waals surface area contributed by atoms with Crippen LogP contribution in [0, 0.1) is 13.8 Å². The van der Waals surface area contributed by atoms with Crippen LogP contribution in [-0.2, 0) is 4.79 Å². The van der Waals surface area contributed by atoms with Crippen LogP contribution < -0.4 is 16.0 Å². The van der Waals surface area contributed by atoms with Crippen LogP contribution in [0.25, 0.3) is 0 Å². The molecule has 1 aromatic heterocycles. The molecule has 2 rings (SSSR count). The van der Waals surface area contributed by atoms with Gasteiger partial charge in [0, 0.05) is 46.1 Å². The quantitative estimate of drug-likeness (QED) is 0.638. The zero-order chi connectivity index (χ0) is 19.1. The van der Waals surface area contributed by atoms with E-state index in [9.17, 15) is 14.4 Å². The maximum atomic E-state index is 12.2. The lowest BCUT2D eigenvalue weighted by Gasteiger charge is -2.09. The first-order valence-corrected chi connectivity index (χ1v) is 9.25. The fourth-order valence-electron chi connectivity index (χ4n) is 2.50.